The second-order valence-corrected chi connectivity index (χ2v) is 5.08. The number of nitrogens with one attached hydrogen (secondary N) is 1. The molecule has 1 rings (SSSR count). The van der Waals surface area contributed by atoms with Crippen LogP contribution >= 0.6 is 11.6 Å². The van der Waals surface area contributed by atoms with Crippen LogP contribution in [-0.4, -0.2) is 6.54 Å². The van der Waals surface area contributed by atoms with E-state index in [0.29, 0.717) is 0 Å². The molecule has 1 atom stereocenters. The zero-order valence-corrected chi connectivity index (χ0v) is 11.8. The molecular weight excluding hydrogens is 230 g/mol. The highest BCUT2D eigenvalue weighted by atomic mass is 35.5. The lowest BCUT2D eigenvalue weighted by molar-refractivity contribution is 0.431. The standard InChI is InChI=1S/C15H24ClN/c1-3-5-6-13(4-2)11-12-17-15-9-7-14(16)8-10-15/h7-10,13,17H,3-6,11-12H2,1-2H3. The average Bonchev–Trinajstić information content (AvgIpc) is 2.36. The third kappa shape index (κ3) is 5.97. The summed E-state index contributed by atoms with van der Waals surface area (Å²) >= 11 is 5.85. The zero-order chi connectivity index (χ0) is 12.5. The molecule has 96 valence electrons. The van der Waals surface area contributed by atoms with E-state index in [9.17, 15) is 0 Å². The van der Waals surface area contributed by atoms with Gasteiger partial charge in [0.15, 0.2) is 0 Å². The monoisotopic (exact) mass is 253 g/mol. The molecule has 0 saturated heterocycles. The van der Waals surface area contributed by atoms with E-state index in [1.54, 1.807) is 0 Å². The first-order valence-corrected chi connectivity index (χ1v) is 7.13. The van der Waals surface area contributed by atoms with E-state index in [1.807, 2.05) is 24.3 Å². The van der Waals surface area contributed by atoms with Gasteiger partial charge < -0.3 is 5.32 Å². The van der Waals surface area contributed by atoms with E-state index >= 15 is 0 Å². The Morgan fingerprint density at radius 2 is 1.82 bits per heavy atom. The van der Waals surface area contributed by atoms with Crippen LogP contribution in [0.25, 0.3) is 0 Å². The lowest BCUT2D eigenvalue weighted by Gasteiger charge is -2.15. The van der Waals surface area contributed by atoms with Gasteiger partial charge in [0.05, 0.1) is 0 Å². The number of hydrogen-bond acceptors (Lipinski definition) is 1. The molecule has 0 saturated carbocycles. The minimum atomic E-state index is 0.796. The highest BCUT2D eigenvalue weighted by molar-refractivity contribution is 6.30. The largest absolute Gasteiger partial charge is 0.385 e. The summed E-state index contributed by atoms with van der Waals surface area (Å²) in [5, 5.41) is 4.25. The molecule has 1 N–H and O–H groups in total. The summed E-state index contributed by atoms with van der Waals surface area (Å²) in [6.07, 6.45) is 6.59. The number of unbranched alkanes of at least 4 members (excludes halogenated alkanes) is 1. The Bertz CT molecular complexity index is 294. The van der Waals surface area contributed by atoms with Crippen LogP contribution in [0.5, 0.6) is 0 Å². The maximum Gasteiger partial charge on any atom is 0.0407 e. The van der Waals surface area contributed by atoms with Crippen molar-refractivity contribution < 1.29 is 0 Å². The number of benzene rings is 1. The smallest absolute Gasteiger partial charge is 0.0407 e. The highest BCUT2D eigenvalue weighted by Crippen LogP contribution is 2.18. The van der Waals surface area contributed by atoms with Gasteiger partial charge in [-0.1, -0.05) is 51.1 Å². The molecule has 0 aromatic heterocycles. The Kier molecular flexibility index (Phi) is 7.11. The van der Waals surface area contributed by atoms with Gasteiger partial charge >= 0.3 is 0 Å². The molecule has 1 unspecified atom stereocenters. The molecule has 1 aromatic carbocycles. The Balaban J connectivity index is 2.23. The quantitative estimate of drug-likeness (QED) is 0.658. The molecule has 0 bridgehead atoms. The van der Waals surface area contributed by atoms with E-state index < -0.39 is 0 Å². The second kappa shape index (κ2) is 8.41. The fourth-order valence-electron chi connectivity index (χ4n) is 2.03. The van der Waals surface area contributed by atoms with Crippen molar-refractivity contribution in [2.75, 3.05) is 11.9 Å². The van der Waals surface area contributed by atoms with E-state index in [1.165, 1.54) is 37.8 Å². The molecule has 0 aliphatic carbocycles. The molecule has 0 aliphatic rings. The van der Waals surface area contributed by atoms with Gasteiger partial charge in [-0.25, -0.2) is 0 Å². The third-order valence-corrected chi connectivity index (χ3v) is 3.52. The Labute approximate surface area is 111 Å². The first kappa shape index (κ1) is 14.4. The molecule has 0 fully saturated rings. The van der Waals surface area contributed by atoms with Crippen LogP contribution in [0.2, 0.25) is 5.02 Å². The Morgan fingerprint density at radius 3 is 2.41 bits per heavy atom. The van der Waals surface area contributed by atoms with E-state index in [-0.39, 0.29) is 0 Å². The van der Waals surface area contributed by atoms with Gasteiger partial charge in [-0.2, -0.15) is 0 Å². The van der Waals surface area contributed by atoms with Crippen LogP contribution in [0, 0.1) is 5.92 Å². The predicted octanol–water partition coefficient (Wildman–Crippen LogP) is 5.36. The first-order valence-electron chi connectivity index (χ1n) is 6.75. The van der Waals surface area contributed by atoms with Gasteiger partial charge in [0.2, 0.25) is 0 Å². The van der Waals surface area contributed by atoms with Crippen LogP contribution in [0.4, 0.5) is 5.69 Å². The molecule has 0 amide bonds. The number of hydrogen-bond donors (Lipinski definition) is 1. The van der Waals surface area contributed by atoms with Crippen molar-refractivity contribution in [3.63, 3.8) is 0 Å². The van der Waals surface area contributed by atoms with Crippen LogP contribution in [0.3, 0.4) is 0 Å². The molecule has 1 aromatic rings. The van der Waals surface area contributed by atoms with Gasteiger partial charge in [-0.05, 0) is 36.6 Å². The molecule has 0 aliphatic heterocycles. The van der Waals surface area contributed by atoms with Crippen molar-refractivity contribution in [3.8, 4) is 0 Å². The number of halogens is 1. The van der Waals surface area contributed by atoms with Crippen LogP contribution in [0.1, 0.15) is 46.0 Å². The maximum absolute atomic E-state index is 5.85. The molecule has 17 heavy (non-hydrogen) atoms. The van der Waals surface area contributed by atoms with Crippen molar-refractivity contribution in [1.82, 2.24) is 0 Å². The van der Waals surface area contributed by atoms with Crippen LogP contribution < -0.4 is 5.32 Å². The molecule has 0 radical (unpaired) electrons. The van der Waals surface area contributed by atoms with Crippen molar-refractivity contribution >= 4 is 17.3 Å². The van der Waals surface area contributed by atoms with E-state index in [0.717, 1.165) is 17.5 Å². The zero-order valence-electron chi connectivity index (χ0n) is 11.0. The normalized spacial score (nSPS) is 12.4. The lowest BCUT2D eigenvalue weighted by atomic mass is 9.96. The van der Waals surface area contributed by atoms with Gasteiger partial charge in [0.25, 0.3) is 0 Å². The molecule has 0 heterocycles. The number of anilines is 1. The summed E-state index contributed by atoms with van der Waals surface area (Å²) in [4.78, 5) is 0. The van der Waals surface area contributed by atoms with Crippen LogP contribution in [-0.2, 0) is 0 Å². The topological polar surface area (TPSA) is 12.0 Å². The second-order valence-electron chi connectivity index (χ2n) is 4.64. The van der Waals surface area contributed by atoms with Gasteiger partial charge in [0.1, 0.15) is 0 Å². The van der Waals surface area contributed by atoms with Gasteiger partial charge in [-0.3, -0.25) is 0 Å². The lowest BCUT2D eigenvalue weighted by Crippen LogP contribution is -2.08. The predicted molar refractivity (Wildman–Crippen MR) is 77.9 cm³/mol. The Morgan fingerprint density at radius 1 is 1.12 bits per heavy atom. The summed E-state index contributed by atoms with van der Waals surface area (Å²) in [6.45, 7) is 5.62. The van der Waals surface area contributed by atoms with E-state index in [4.69, 9.17) is 11.6 Å². The summed E-state index contributed by atoms with van der Waals surface area (Å²) in [5.74, 6) is 0.870. The fraction of sp³-hybridized carbons (Fsp3) is 0.600. The third-order valence-electron chi connectivity index (χ3n) is 3.27. The van der Waals surface area contributed by atoms with Crippen molar-refractivity contribution in [1.29, 1.82) is 0 Å². The SMILES string of the molecule is CCCCC(CC)CCNc1ccc(Cl)cc1. The van der Waals surface area contributed by atoms with Crippen molar-refractivity contribution in [2.24, 2.45) is 5.92 Å². The van der Waals surface area contributed by atoms with Gasteiger partial charge in [-0.15, -0.1) is 0 Å². The highest BCUT2D eigenvalue weighted by Gasteiger charge is 2.04. The van der Waals surface area contributed by atoms with E-state index in [2.05, 4.69) is 19.2 Å². The average molecular weight is 254 g/mol. The summed E-state index contributed by atoms with van der Waals surface area (Å²) in [7, 11) is 0. The summed E-state index contributed by atoms with van der Waals surface area (Å²) < 4.78 is 0. The number of rotatable bonds is 8. The van der Waals surface area contributed by atoms with Gasteiger partial charge in [0, 0.05) is 17.3 Å². The minimum Gasteiger partial charge on any atom is -0.385 e. The Hall–Kier alpha value is -0.690. The summed E-state index contributed by atoms with van der Waals surface area (Å²) in [6, 6.07) is 7.93. The molecular formula is C15H24ClN. The first-order chi connectivity index (χ1) is 8.26. The minimum absolute atomic E-state index is 0.796. The maximum atomic E-state index is 5.85. The van der Waals surface area contributed by atoms with Crippen molar-refractivity contribution in [3.05, 3.63) is 29.3 Å². The van der Waals surface area contributed by atoms with Crippen molar-refractivity contribution in [2.45, 2.75) is 46.0 Å². The fourth-order valence-corrected chi connectivity index (χ4v) is 2.16. The summed E-state index contributed by atoms with van der Waals surface area (Å²) in [5.41, 5.74) is 1.17. The molecule has 2 heteroatoms. The van der Waals surface area contributed by atoms with Crippen LogP contribution in [0.15, 0.2) is 24.3 Å². The molecule has 1 nitrogen and oxygen atoms in total. The molecule has 0 spiro atoms.